The molecule has 0 atom stereocenters. The minimum absolute atomic E-state index is 0.104. The van der Waals surface area contributed by atoms with E-state index in [0.29, 0.717) is 12.1 Å². The summed E-state index contributed by atoms with van der Waals surface area (Å²) in [4.78, 5) is 14.9. The van der Waals surface area contributed by atoms with E-state index in [-0.39, 0.29) is 23.4 Å². The predicted molar refractivity (Wildman–Crippen MR) is 98.8 cm³/mol. The molecule has 0 saturated heterocycles. The second-order valence-corrected chi connectivity index (χ2v) is 8.17. The smallest absolute Gasteiger partial charge is 0.255 e. The molecule has 0 spiro atoms. The summed E-state index contributed by atoms with van der Waals surface area (Å²) in [5, 5.41) is 0. The first-order valence-corrected chi connectivity index (χ1v) is 10.2. The highest BCUT2D eigenvalue weighted by Gasteiger charge is 2.27. The lowest BCUT2D eigenvalue weighted by Crippen LogP contribution is -2.42. The maximum atomic E-state index is 13.1. The molecule has 2 rings (SSSR count). The molecule has 0 bridgehead atoms. The van der Waals surface area contributed by atoms with Crippen molar-refractivity contribution in [3.8, 4) is 12.3 Å². The van der Waals surface area contributed by atoms with Crippen LogP contribution >= 0.6 is 0 Å². The van der Waals surface area contributed by atoms with Crippen molar-refractivity contribution in [2.24, 2.45) is 0 Å². The zero-order valence-electron chi connectivity index (χ0n) is 14.9. The van der Waals surface area contributed by atoms with Crippen molar-refractivity contribution in [2.45, 2.75) is 56.9 Å². The number of carbonyl (C=O) groups is 1. The average Bonchev–Trinajstić information content (AvgIpc) is 2.60. The third kappa shape index (κ3) is 4.62. The van der Waals surface area contributed by atoms with E-state index in [1.807, 2.05) is 6.92 Å². The van der Waals surface area contributed by atoms with Gasteiger partial charge in [-0.3, -0.25) is 4.79 Å². The molecule has 1 N–H and O–H groups in total. The number of aryl methyl sites for hydroxylation is 1. The zero-order chi connectivity index (χ0) is 18.4. The summed E-state index contributed by atoms with van der Waals surface area (Å²) in [6.45, 7) is 4.07. The van der Waals surface area contributed by atoms with Gasteiger partial charge in [0, 0.05) is 18.2 Å². The largest absolute Gasteiger partial charge is 0.325 e. The highest BCUT2D eigenvalue weighted by atomic mass is 32.2. The molecule has 0 aromatic heterocycles. The Kier molecular flexibility index (Phi) is 6.63. The van der Waals surface area contributed by atoms with Crippen molar-refractivity contribution >= 4 is 15.9 Å². The first-order valence-electron chi connectivity index (χ1n) is 8.75. The van der Waals surface area contributed by atoms with Crippen LogP contribution in [-0.4, -0.2) is 38.4 Å². The van der Waals surface area contributed by atoms with Crippen molar-refractivity contribution in [1.82, 2.24) is 9.62 Å². The number of hydrogen-bond acceptors (Lipinski definition) is 3. The van der Waals surface area contributed by atoms with Crippen LogP contribution in [0.2, 0.25) is 0 Å². The van der Waals surface area contributed by atoms with E-state index in [0.717, 1.165) is 31.2 Å². The van der Waals surface area contributed by atoms with Crippen LogP contribution < -0.4 is 4.72 Å². The molecule has 1 amide bonds. The molecule has 0 unspecified atom stereocenters. The van der Waals surface area contributed by atoms with Crippen molar-refractivity contribution in [2.75, 3.05) is 13.1 Å². The van der Waals surface area contributed by atoms with Crippen LogP contribution in [0.25, 0.3) is 0 Å². The lowest BCUT2D eigenvalue weighted by atomic mass is 9.93. The Bertz CT molecular complexity index is 759. The molecule has 1 fully saturated rings. The zero-order valence-corrected chi connectivity index (χ0v) is 15.7. The molecule has 1 saturated carbocycles. The third-order valence-electron chi connectivity index (χ3n) is 4.62. The Morgan fingerprint density at radius 2 is 2.00 bits per heavy atom. The van der Waals surface area contributed by atoms with Gasteiger partial charge in [0.1, 0.15) is 0 Å². The van der Waals surface area contributed by atoms with E-state index in [4.69, 9.17) is 6.42 Å². The maximum Gasteiger partial charge on any atom is 0.255 e. The van der Waals surface area contributed by atoms with Gasteiger partial charge in [-0.25, -0.2) is 13.1 Å². The molecular weight excluding hydrogens is 336 g/mol. The van der Waals surface area contributed by atoms with E-state index >= 15 is 0 Å². The number of nitrogens with zero attached hydrogens (tertiary/aromatic N) is 1. The number of carbonyl (C=O) groups excluding carboxylic acids is 1. The van der Waals surface area contributed by atoms with Crippen LogP contribution in [0.3, 0.4) is 0 Å². The molecule has 25 heavy (non-hydrogen) atoms. The fourth-order valence-electron chi connectivity index (χ4n) is 3.28. The summed E-state index contributed by atoms with van der Waals surface area (Å²) in [5.41, 5.74) is 1.15. The van der Waals surface area contributed by atoms with E-state index in [1.165, 1.54) is 18.6 Å². The summed E-state index contributed by atoms with van der Waals surface area (Å²) >= 11 is 0. The molecule has 1 aromatic rings. The normalized spacial score (nSPS) is 15.6. The van der Waals surface area contributed by atoms with Crippen molar-refractivity contribution in [3.63, 3.8) is 0 Å². The number of rotatable bonds is 6. The standard InChI is InChI=1S/C19H26N2O3S/c1-4-13-21(16-9-7-6-8-10-16)19(22)18-14-17(12-11-15(18)3)25(23,24)20-5-2/h1,11-12,14,16,20H,5-10,13H2,2-3H3. The summed E-state index contributed by atoms with van der Waals surface area (Å²) in [7, 11) is -3.61. The lowest BCUT2D eigenvalue weighted by molar-refractivity contribution is 0.0666. The quantitative estimate of drug-likeness (QED) is 0.791. The van der Waals surface area contributed by atoms with Crippen molar-refractivity contribution < 1.29 is 13.2 Å². The molecule has 6 heteroatoms. The van der Waals surface area contributed by atoms with E-state index in [1.54, 1.807) is 17.9 Å². The van der Waals surface area contributed by atoms with Gasteiger partial charge in [0.25, 0.3) is 5.91 Å². The molecule has 0 radical (unpaired) electrons. The van der Waals surface area contributed by atoms with Crippen LogP contribution in [-0.2, 0) is 10.0 Å². The van der Waals surface area contributed by atoms with Gasteiger partial charge in [-0.2, -0.15) is 0 Å². The monoisotopic (exact) mass is 362 g/mol. The van der Waals surface area contributed by atoms with E-state index < -0.39 is 10.0 Å². The molecule has 0 aliphatic heterocycles. The number of nitrogens with one attached hydrogen (secondary N) is 1. The number of hydrogen-bond donors (Lipinski definition) is 1. The van der Waals surface area contributed by atoms with E-state index in [2.05, 4.69) is 10.6 Å². The van der Waals surface area contributed by atoms with Crippen LogP contribution in [0.1, 0.15) is 54.9 Å². The van der Waals surface area contributed by atoms with Gasteiger partial charge in [-0.15, -0.1) is 6.42 Å². The van der Waals surface area contributed by atoms with Crippen molar-refractivity contribution in [1.29, 1.82) is 0 Å². The molecule has 1 aromatic carbocycles. The van der Waals surface area contributed by atoms with Gasteiger partial charge < -0.3 is 4.90 Å². The number of sulfonamides is 1. The Hall–Kier alpha value is -1.84. The van der Waals surface area contributed by atoms with Gasteiger partial charge in [0.15, 0.2) is 0 Å². The van der Waals surface area contributed by atoms with Crippen LogP contribution in [0.5, 0.6) is 0 Å². The molecule has 0 heterocycles. The maximum absolute atomic E-state index is 13.1. The van der Waals surface area contributed by atoms with Gasteiger partial charge in [-0.05, 0) is 37.5 Å². The van der Waals surface area contributed by atoms with Gasteiger partial charge in [0.2, 0.25) is 10.0 Å². The van der Waals surface area contributed by atoms with Crippen LogP contribution in [0, 0.1) is 19.3 Å². The summed E-state index contributed by atoms with van der Waals surface area (Å²) in [5.74, 6) is 2.39. The fraction of sp³-hybridized carbons (Fsp3) is 0.526. The second-order valence-electron chi connectivity index (χ2n) is 6.41. The molecule has 1 aliphatic carbocycles. The Balaban J connectivity index is 2.37. The Morgan fingerprint density at radius 1 is 1.32 bits per heavy atom. The highest BCUT2D eigenvalue weighted by molar-refractivity contribution is 7.89. The van der Waals surface area contributed by atoms with Gasteiger partial charge >= 0.3 is 0 Å². The Labute approximate surface area is 150 Å². The number of amides is 1. The second kappa shape index (κ2) is 8.50. The topological polar surface area (TPSA) is 66.5 Å². The number of benzene rings is 1. The minimum Gasteiger partial charge on any atom is -0.325 e. The van der Waals surface area contributed by atoms with Crippen LogP contribution in [0.15, 0.2) is 23.1 Å². The van der Waals surface area contributed by atoms with Gasteiger partial charge in [0.05, 0.1) is 11.4 Å². The SMILES string of the molecule is C#CCN(C(=O)c1cc(S(=O)(=O)NCC)ccc1C)C1CCCCC1. The summed E-state index contributed by atoms with van der Waals surface area (Å²) in [6.07, 6.45) is 10.7. The molecule has 136 valence electrons. The first kappa shape index (κ1) is 19.5. The lowest BCUT2D eigenvalue weighted by Gasteiger charge is -2.33. The Morgan fingerprint density at radius 3 is 2.60 bits per heavy atom. The molecule has 1 aliphatic rings. The molecule has 5 nitrogen and oxygen atoms in total. The number of terminal acetylenes is 1. The van der Waals surface area contributed by atoms with E-state index in [9.17, 15) is 13.2 Å². The molecular formula is C19H26N2O3S. The predicted octanol–water partition coefficient (Wildman–Crippen LogP) is 2.70. The summed E-state index contributed by atoms with van der Waals surface area (Å²) in [6, 6.07) is 4.79. The fourth-order valence-corrected chi connectivity index (χ4v) is 4.35. The first-order chi connectivity index (χ1) is 11.9. The van der Waals surface area contributed by atoms with Gasteiger partial charge in [-0.1, -0.05) is 38.2 Å². The highest BCUT2D eigenvalue weighted by Crippen LogP contribution is 2.25. The third-order valence-corrected chi connectivity index (χ3v) is 6.17. The average molecular weight is 362 g/mol. The van der Waals surface area contributed by atoms with Crippen LogP contribution in [0.4, 0.5) is 0 Å². The summed E-state index contributed by atoms with van der Waals surface area (Å²) < 4.78 is 27.0. The minimum atomic E-state index is -3.61. The van der Waals surface area contributed by atoms with Crippen molar-refractivity contribution in [3.05, 3.63) is 29.3 Å².